The van der Waals surface area contributed by atoms with Gasteiger partial charge in [0, 0.05) is 11.3 Å². The third-order valence-corrected chi connectivity index (χ3v) is 6.09. The second-order valence-electron chi connectivity index (χ2n) is 6.37. The maximum absolute atomic E-state index is 12.7. The number of nitrogens with one attached hydrogen (secondary N) is 2. The third kappa shape index (κ3) is 5.90. The highest BCUT2D eigenvalue weighted by atomic mass is 35.5. The Bertz CT molecular complexity index is 1150. The van der Waals surface area contributed by atoms with Crippen molar-refractivity contribution in [2.45, 2.75) is 4.90 Å². The zero-order valence-corrected chi connectivity index (χ0v) is 18.2. The molecule has 3 rings (SSSR count). The van der Waals surface area contributed by atoms with Crippen LogP contribution >= 0.6 is 11.6 Å². The van der Waals surface area contributed by atoms with Gasteiger partial charge in [-0.15, -0.1) is 0 Å². The summed E-state index contributed by atoms with van der Waals surface area (Å²) in [6, 6.07) is 19.7. The van der Waals surface area contributed by atoms with Crippen molar-refractivity contribution in [2.24, 2.45) is 0 Å². The Hall–Kier alpha value is -3.23. The van der Waals surface area contributed by atoms with E-state index >= 15 is 0 Å². The summed E-state index contributed by atoms with van der Waals surface area (Å²) in [7, 11) is -2.43. The SMILES string of the molecule is COc1ccccc1OCCNC(=O)c1ccc(Cl)c(S(=O)(=O)Nc2ccccc2)c1. The normalized spacial score (nSPS) is 10.9. The molecule has 1 amide bonds. The highest BCUT2D eigenvalue weighted by Gasteiger charge is 2.20. The lowest BCUT2D eigenvalue weighted by Gasteiger charge is -2.12. The quantitative estimate of drug-likeness (QED) is 0.471. The molecule has 0 aliphatic rings. The fourth-order valence-corrected chi connectivity index (χ4v) is 4.32. The van der Waals surface area contributed by atoms with E-state index in [1.807, 2.05) is 12.1 Å². The third-order valence-electron chi connectivity index (χ3n) is 4.22. The van der Waals surface area contributed by atoms with Gasteiger partial charge in [-0.05, 0) is 42.5 Å². The number of rotatable bonds is 9. The number of hydrogen-bond donors (Lipinski definition) is 2. The molecule has 7 nitrogen and oxygen atoms in total. The van der Waals surface area contributed by atoms with E-state index in [-0.39, 0.29) is 28.6 Å². The summed E-state index contributed by atoms with van der Waals surface area (Å²) in [4.78, 5) is 12.3. The molecule has 162 valence electrons. The Kier molecular flexibility index (Phi) is 7.38. The lowest BCUT2D eigenvalue weighted by molar-refractivity contribution is 0.0946. The second kappa shape index (κ2) is 10.2. The zero-order valence-electron chi connectivity index (χ0n) is 16.7. The molecule has 0 saturated carbocycles. The summed E-state index contributed by atoms with van der Waals surface area (Å²) >= 11 is 6.09. The Morgan fingerprint density at radius 2 is 1.65 bits per heavy atom. The number of para-hydroxylation sites is 3. The molecule has 9 heteroatoms. The predicted molar refractivity (Wildman–Crippen MR) is 120 cm³/mol. The fraction of sp³-hybridized carbons (Fsp3) is 0.136. The minimum Gasteiger partial charge on any atom is -0.493 e. The minimum absolute atomic E-state index is 0.0134. The summed E-state index contributed by atoms with van der Waals surface area (Å²) in [5, 5.41) is 2.70. The largest absolute Gasteiger partial charge is 0.493 e. The van der Waals surface area contributed by atoms with Crippen LogP contribution in [0.2, 0.25) is 5.02 Å². The van der Waals surface area contributed by atoms with Crippen LogP contribution in [0.15, 0.2) is 77.7 Å². The number of methoxy groups -OCH3 is 1. The minimum atomic E-state index is -3.97. The molecule has 0 spiro atoms. The molecule has 0 unspecified atom stereocenters. The molecule has 3 aromatic rings. The first-order valence-corrected chi connectivity index (χ1v) is 11.2. The molecular formula is C22H21ClN2O5S. The van der Waals surface area contributed by atoms with Gasteiger partial charge >= 0.3 is 0 Å². The maximum atomic E-state index is 12.7. The van der Waals surface area contributed by atoms with Gasteiger partial charge in [-0.25, -0.2) is 8.42 Å². The molecule has 31 heavy (non-hydrogen) atoms. The first kappa shape index (κ1) is 22.5. The fourth-order valence-electron chi connectivity index (χ4n) is 2.73. The topological polar surface area (TPSA) is 93.7 Å². The van der Waals surface area contributed by atoms with Crippen molar-refractivity contribution < 1.29 is 22.7 Å². The molecule has 0 aromatic heterocycles. The summed E-state index contributed by atoms with van der Waals surface area (Å²) in [5.74, 6) is 0.704. The maximum Gasteiger partial charge on any atom is 0.263 e. The van der Waals surface area contributed by atoms with Gasteiger partial charge in [0.1, 0.15) is 11.5 Å². The lowest BCUT2D eigenvalue weighted by Crippen LogP contribution is -2.28. The summed E-state index contributed by atoms with van der Waals surface area (Å²) in [6.45, 7) is 0.421. The van der Waals surface area contributed by atoms with E-state index in [0.717, 1.165) is 0 Å². The number of hydrogen-bond acceptors (Lipinski definition) is 5. The summed E-state index contributed by atoms with van der Waals surface area (Å²) < 4.78 is 38.7. The smallest absolute Gasteiger partial charge is 0.263 e. The highest BCUT2D eigenvalue weighted by Crippen LogP contribution is 2.26. The molecule has 0 aliphatic heterocycles. The van der Waals surface area contributed by atoms with Crippen molar-refractivity contribution >= 4 is 33.2 Å². The highest BCUT2D eigenvalue weighted by molar-refractivity contribution is 7.92. The molecule has 0 heterocycles. The number of anilines is 1. The van der Waals surface area contributed by atoms with Crippen LogP contribution in [-0.2, 0) is 10.0 Å². The van der Waals surface area contributed by atoms with Crippen LogP contribution in [0, 0.1) is 0 Å². The molecule has 0 radical (unpaired) electrons. The number of carbonyl (C=O) groups is 1. The molecule has 2 N–H and O–H groups in total. The van der Waals surface area contributed by atoms with Crippen molar-refractivity contribution in [1.82, 2.24) is 5.32 Å². The first-order chi connectivity index (χ1) is 14.9. The van der Waals surface area contributed by atoms with Gasteiger partial charge in [0.15, 0.2) is 11.5 Å². The van der Waals surface area contributed by atoms with Gasteiger partial charge in [0.2, 0.25) is 0 Å². The molecule has 0 saturated heterocycles. The number of carbonyl (C=O) groups excluding carboxylic acids is 1. The Morgan fingerprint density at radius 3 is 2.35 bits per heavy atom. The molecule has 0 aliphatic carbocycles. The van der Waals surface area contributed by atoms with Gasteiger partial charge in [-0.3, -0.25) is 9.52 Å². The van der Waals surface area contributed by atoms with E-state index in [2.05, 4.69) is 10.0 Å². The average Bonchev–Trinajstić information content (AvgIpc) is 2.77. The van der Waals surface area contributed by atoms with Crippen LogP contribution in [0.4, 0.5) is 5.69 Å². The van der Waals surface area contributed by atoms with E-state index in [1.165, 1.54) is 18.2 Å². The van der Waals surface area contributed by atoms with Crippen molar-refractivity contribution in [1.29, 1.82) is 0 Å². The lowest BCUT2D eigenvalue weighted by atomic mass is 10.2. The van der Waals surface area contributed by atoms with E-state index in [1.54, 1.807) is 49.6 Å². The second-order valence-corrected chi connectivity index (χ2v) is 8.43. The van der Waals surface area contributed by atoms with E-state index in [4.69, 9.17) is 21.1 Å². The van der Waals surface area contributed by atoms with Gasteiger partial charge in [-0.1, -0.05) is 41.9 Å². The van der Waals surface area contributed by atoms with E-state index < -0.39 is 15.9 Å². The number of amides is 1. The van der Waals surface area contributed by atoms with Crippen LogP contribution in [0.1, 0.15) is 10.4 Å². The van der Waals surface area contributed by atoms with Gasteiger partial charge in [-0.2, -0.15) is 0 Å². The molecule has 0 atom stereocenters. The van der Waals surface area contributed by atoms with Crippen molar-refractivity contribution in [3.63, 3.8) is 0 Å². The average molecular weight is 461 g/mol. The number of ether oxygens (including phenoxy) is 2. The van der Waals surface area contributed by atoms with E-state index in [9.17, 15) is 13.2 Å². The monoisotopic (exact) mass is 460 g/mol. The van der Waals surface area contributed by atoms with Crippen LogP contribution in [0.25, 0.3) is 0 Å². The zero-order chi connectivity index (χ0) is 22.3. The molecular weight excluding hydrogens is 440 g/mol. The van der Waals surface area contributed by atoms with Crippen LogP contribution in [0.5, 0.6) is 11.5 Å². The standard InChI is InChI=1S/C22H21ClN2O5S/c1-29-19-9-5-6-10-20(19)30-14-13-24-22(26)16-11-12-18(23)21(15-16)31(27,28)25-17-7-3-2-4-8-17/h2-12,15,25H,13-14H2,1H3,(H,24,26). The van der Waals surface area contributed by atoms with Gasteiger partial charge < -0.3 is 14.8 Å². The Labute approximate surface area is 186 Å². The molecule has 3 aromatic carbocycles. The first-order valence-electron chi connectivity index (χ1n) is 9.32. The van der Waals surface area contributed by atoms with E-state index in [0.29, 0.717) is 17.2 Å². The van der Waals surface area contributed by atoms with Crippen LogP contribution in [0.3, 0.4) is 0 Å². The number of benzene rings is 3. The predicted octanol–water partition coefficient (Wildman–Crippen LogP) is 3.96. The van der Waals surface area contributed by atoms with Gasteiger partial charge in [0.05, 0.1) is 18.7 Å². The van der Waals surface area contributed by atoms with Crippen molar-refractivity contribution in [3.05, 3.63) is 83.4 Å². The van der Waals surface area contributed by atoms with Crippen molar-refractivity contribution in [3.8, 4) is 11.5 Å². The summed E-state index contributed by atoms with van der Waals surface area (Å²) in [6.07, 6.45) is 0. The number of halogens is 1. The van der Waals surface area contributed by atoms with Gasteiger partial charge in [0.25, 0.3) is 15.9 Å². The van der Waals surface area contributed by atoms with Crippen LogP contribution in [-0.4, -0.2) is 34.6 Å². The van der Waals surface area contributed by atoms with Crippen molar-refractivity contribution in [2.75, 3.05) is 25.0 Å². The number of sulfonamides is 1. The Balaban J connectivity index is 1.64. The summed E-state index contributed by atoms with van der Waals surface area (Å²) in [5.41, 5.74) is 0.553. The Morgan fingerprint density at radius 1 is 0.968 bits per heavy atom. The molecule has 0 fully saturated rings. The van der Waals surface area contributed by atoms with Crippen LogP contribution < -0.4 is 19.5 Å². The molecule has 0 bridgehead atoms.